The molecule has 2 heterocycles. The van der Waals surface area contributed by atoms with Crippen LogP contribution in [0.25, 0.3) is 0 Å². The Kier molecular flexibility index (Phi) is 3.85. The van der Waals surface area contributed by atoms with E-state index in [1.165, 1.54) is 37.6 Å². The monoisotopic (exact) mass is 274 g/mol. The fraction of sp³-hybridized carbons (Fsp3) is 0.0833. The lowest BCUT2D eigenvalue weighted by molar-refractivity contribution is -0.389. The highest BCUT2D eigenvalue weighted by atomic mass is 16.6. The van der Waals surface area contributed by atoms with Crippen molar-refractivity contribution in [2.24, 2.45) is 0 Å². The molecular weight excluding hydrogens is 264 g/mol. The van der Waals surface area contributed by atoms with E-state index in [2.05, 4.69) is 15.3 Å². The summed E-state index contributed by atoms with van der Waals surface area (Å²) < 4.78 is 5.40. The highest BCUT2D eigenvalue weighted by Crippen LogP contribution is 2.21. The quantitative estimate of drug-likeness (QED) is 0.669. The highest BCUT2D eigenvalue weighted by molar-refractivity contribution is 5.91. The van der Waals surface area contributed by atoms with Crippen molar-refractivity contribution in [1.29, 1.82) is 0 Å². The molecule has 0 saturated heterocycles. The summed E-state index contributed by atoms with van der Waals surface area (Å²) in [5, 5.41) is 12.9. The Morgan fingerprint density at radius 1 is 1.20 bits per heavy atom. The number of rotatable bonds is 4. The number of nitrogens with zero attached hydrogens (tertiary/aromatic N) is 3. The second-order valence-electron chi connectivity index (χ2n) is 3.67. The van der Waals surface area contributed by atoms with Crippen LogP contribution in [0.1, 0.15) is 10.5 Å². The van der Waals surface area contributed by atoms with Crippen LogP contribution in [0.4, 0.5) is 5.82 Å². The van der Waals surface area contributed by atoms with Crippen molar-refractivity contribution in [1.82, 2.24) is 15.3 Å². The molecule has 2 aromatic rings. The van der Waals surface area contributed by atoms with Crippen LogP contribution in [0.2, 0.25) is 0 Å². The van der Waals surface area contributed by atoms with Gasteiger partial charge in [-0.2, -0.15) is 0 Å². The molecule has 0 radical (unpaired) electrons. The Labute approximate surface area is 113 Å². The number of carbonyl (C=O) groups is 1. The molecule has 102 valence electrons. The predicted octanol–water partition coefficient (Wildman–Crippen LogP) is 1.54. The molecule has 0 bridgehead atoms. The van der Waals surface area contributed by atoms with Gasteiger partial charge >= 0.3 is 5.82 Å². The molecule has 0 aliphatic carbocycles. The molecule has 0 fully saturated rings. The van der Waals surface area contributed by atoms with Gasteiger partial charge in [0.15, 0.2) is 11.9 Å². The molecule has 0 spiro atoms. The van der Waals surface area contributed by atoms with E-state index in [-0.39, 0.29) is 17.4 Å². The SMILES string of the molecule is CNC(=O)c1ccc(Oc2ccc([N+](=O)[O-])nc2)cn1. The van der Waals surface area contributed by atoms with E-state index in [0.29, 0.717) is 11.5 Å². The largest absolute Gasteiger partial charge is 0.452 e. The second-order valence-corrected chi connectivity index (χ2v) is 3.67. The van der Waals surface area contributed by atoms with Crippen LogP contribution >= 0.6 is 0 Å². The van der Waals surface area contributed by atoms with Crippen molar-refractivity contribution in [2.45, 2.75) is 0 Å². The van der Waals surface area contributed by atoms with Crippen LogP contribution in [-0.4, -0.2) is 27.8 Å². The van der Waals surface area contributed by atoms with Crippen molar-refractivity contribution >= 4 is 11.7 Å². The van der Waals surface area contributed by atoms with Gasteiger partial charge in [-0.05, 0) is 28.1 Å². The molecule has 0 saturated carbocycles. The number of nitro groups is 1. The van der Waals surface area contributed by atoms with Crippen molar-refractivity contribution in [3.05, 3.63) is 52.5 Å². The Balaban J connectivity index is 2.10. The van der Waals surface area contributed by atoms with Crippen LogP contribution < -0.4 is 10.1 Å². The van der Waals surface area contributed by atoms with E-state index in [0.717, 1.165) is 0 Å². The standard InChI is InChI=1S/C12H10N4O4/c1-13-12(17)10-4-2-8(6-14-10)20-9-3-5-11(15-7-9)16(18)19/h2-7H,1H3,(H,13,17). The molecule has 1 amide bonds. The molecule has 0 unspecified atom stereocenters. The lowest BCUT2D eigenvalue weighted by Crippen LogP contribution is -2.18. The Morgan fingerprint density at radius 2 is 1.85 bits per heavy atom. The van der Waals surface area contributed by atoms with Crippen molar-refractivity contribution in [3.8, 4) is 11.5 Å². The van der Waals surface area contributed by atoms with Gasteiger partial charge in [0.25, 0.3) is 5.91 Å². The van der Waals surface area contributed by atoms with Crippen LogP contribution in [-0.2, 0) is 0 Å². The third-order valence-electron chi connectivity index (χ3n) is 2.34. The first kappa shape index (κ1) is 13.4. The third kappa shape index (κ3) is 3.05. The minimum atomic E-state index is -0.594. The number of pyridine rings is 2. The Hall–Kier alpha value is -3.03. The van der Waals surface area contributed by atoms with E-state index in [1.54, 1.807) is 6.07 Å². The average molecular weight is 274 g/mol. The molecule has 2 rings (SSSR count). The van der Waals surface area contributed by atoms with E-state index in [9.17, 15) is 14.9 Å². The normalized spacial score (nSPS) is 9.85. The lowest BCUT2D eigenvalue weighted by Gasteiger charge is -2.04. The summed E-state index contributed by atoms with van der Waals surface area (Å²) in [5.74, 6) is 0.178. The van der Waals surface area contributed by atoms with Crippen LogP contribution in [0.3, 0.4) is 0 Å². The number of hydrogen-bond acceptors (Lipinski definition) is 6. The molecule has 0 atom stereocenters. The summed E-state index contributed by atoms with van der Waals surface area (Å²) >= 11 is 0. The number of amides is 1. The zero-order valence-corrected chi connectivity index (χ0v) is 10.4. The van der Waals surface area contributed by atoms with Gasteiger partial charge in [-0.25, -0.2) is 4.98 Å². The third-order valence-corrected chi connectivity index (χ3v) is 2.34. The average Bonchev–Trinajstić information content (AvgIpc) is 2.48. The topological polar surface area (TPSA) is 107 Å². The molecular formula is C12H10N4O4. The second kappa shape index (κ2) is 5.74. The van der Waals surface area contributed by atoms with E-state index < -0.39 is 4.92 Å². The maximum Gasteiger partial charge on any atom is 0.363 e. The smallest absolute Gasteiger partial charge is 0.363 e. The summed E-state index contributed by atoms with van der Waals surface area (Å²) in [6, 6.07) is 5.74. The predicted molar refractivity (Wildman–Crippen MR) is 68.6 cm³/mol. The maximum atomic E-state index is 11.3. The van der Waals surface area contributed by atoms with E-state index in [1.807, 2.05) is 0 Å². The maximum absolute atomic E-state index is 11.3. The number of ether oxygens (including phenoxy) is 1. The van der Waals surface area contributed by atoms with Gasteiger partial charge in [-0.15, -0.1) is 0 Å². The van der Waals surface area contributed by atoms with Crippen molar-refractivity contribution in [2.75, 3.05) is 7.05 Å². The van der Waals surface area contributed by atoms with E-state index >= 15 is 0 Å². The first-order valence-corrected chi connectivity index (χ1v) is 5.56. The van der Waals surface area contributed by atoms with Gasteiger partial charge in [-0.3, -0.25) is 4.79 Å². The summed E-state index contributed by atoms with van der Waals surface area (Å²) in [5.41, 5.74) is 0.265. The van der Waals surface area contributed by atoms with Crippen LogP contribution in [0, 0.1) is 10.1 Å². The van der Waals surface area contributed by atoms with Crippen molar-refractivity contribution in [3.63, 3.8) is 0 Å². The number of hydrogen-bond donors (Lipinski definition) is 1. The molecule has 8 nitrogen and oxygen atoms in total. The first-order valence-electron chi connectivity index (χ1n) is 5.56. The Morgan fingerprint density at radius 3 is 2.30 bits per heavy atom. The Bertz CT molecular complexity index is 625. The zero-order valence-electron chi connectivity index (χ0n) is 10.4. The molecule has 0 aromatic carbocycles. The van der Waals surface area contributed by atoms with Gasteiger partial charge in [0, 0.05) is 13.1 Å². The molecule has 0 aliphatic rings. The lowest BCUT2D eigenvalue weighted by atomic mass is 10.3. The summed E-state index contributed by atoms with van der Waals surface area (Å²) in [7, 11) is 1.51. The summed E-state index contributed by atoms with van der Waals surface area (Å²) in [6.45, 7) is 0. The number of nitrogens with one attached hydrogen (secondary N) is 1. The first-order chi connectivity index (χ1) is 9.60. The van der Waals surface area contributed by atoms with Crippen molar-refractivity contribution < 1.29 is 14.5 Å². The summed E-state index contributed by atoms with van der Waals surface area (Å²) in [6.07, 6.45) is 2.62. The van der Waals surface area contributed by atoms with Gasteiger partial charge in [0.05, 0.1) is 6.20 Å². The zero-order chi connectivity index (χ0) is 14.5. The summed E-state index contributed by atoms with van der Waals surface area (Å²) in [4.78, 5) is 28.7. The fourth-order valence-corrected chi connectivity index (χ4v) is 1.38. The number of carbonyl (C=O) groups excluding carboxylic acids is 1. The molecule has 2 aromatic heterocycles. The van der Waals surface area contributed by atoms with Crippen LogP contribution in [0.15, 0.2) is 36.7 Å². The molecule has 1 N–H and O–H groups in total. The molecule has 0 aliphatic heterocycles. The minimum Gasteiger partial charge on any atom is -0.452 e. The van der Waals surface area contributed by atoms with Gasteiger partial charge < -0.3 is 20.2 Å². The van der Waals surface area contributed by atoms with E-state index in [4.69, 9.17) is 4.74 Å². The van der Waals surface area contributed by atoms with Crippen LogP contribution in [0.5, 0.6) is 11.5 Å². The molecule has 20 heavy (non-hydrogen) atoms. The number of aromatic nitrogens is 2. The highest BCUT2D eigenvalue weighted by Gasteiger charge is 2.08. The minimum absolute atomic E-state index is 0.259. The van der Waals surface area contributed by atoms with Gasteiger partial charge in [0.1, 0.15) is 11.4 Å². The fourth-order valence-electron chi connectivity index (χ4n) is 1.38. The van der Waals surface area contributed by atoms with Gasteiger partial charge in [0.2, 0.25) is 0 Å². The van der Waals surface area contributed by atoms with Gasteiger partial charge in [-0.1, -0.05) is 0 Å². The molecule has 8 heteroatoms.